The van der Waals surface area contributed by atoms with Gasteiger partial charge in [-0.05, 0) is 109 Å². The van der Waals surface area contributed by atoms with Crippen molar-refractivity contribution in [1.82, 2.24) is 0 Å². The normalized spacial score (nSPS) is 12.8. The first-order chi connectivity index (χ1) is 37.0. The van der Waals surface area contributed by atoms with Gasteiger partial charge < -0.3 is 14.2 Å². The zero-order chi connectivity index (χ0) is 54.3. The summed E-state index contributed by atoms with van der Waals surface area (Å²) in [4.78, 5) is 38.2. The van der Waals surface area contributed by atoms with Crippen molar-refractivity contribution in [3.8, 4) is 0 Å². The Hall–Kier alpha value is -3.93. The third kappa shape index (κ3) is 60.8. The molecule has 0 aliphatic heterocycles. The molecule has 0 rings (SSSR count). The van der Waals surface area contributed by atoms with Crippen molar-refractivity contribution in [1.29, 1.82) is 0 Å². The van der Waals surface area contributed by atoms with Gasteiger partial charge in [0.25, 0.3) is 0 Å². The highest BCUT2D eigenvalue weighted by atomic mass is 16.6. The molecule has 6 nitrogen and oxygen atoms in total. The Bertz CT molecular complexity index is 1520. The molecule has 0 saturated heterocycles. The van der Waals surface area contributed by atoms with Crippen molar-refractivity contribution in [2.75, 3.05) is 13.2 Å². The van der Waals surface area contributed by atoms with E-state index in [1.807, 2.05) is 0 Å². The van der Waals surface area contributed by atoms with Gasteiger partial charge in [-0.15, -0.1) is 0 Å². The number of ether oxygens (including phenoxy) is 3. The number of esters is 3. The maximum Gasteiger partial charge on any atom is 0.306 e. The molecular weight excluding hydrogens is 925 g/mol. The van der Waals surface area contributed by atoms with E-state index in [1.54, 1.807) is 0 Å². The minimum Gasteiger partial charge on any atom is -0.462 e. The molecule has 428 valence electrons. The monoisotopic (exact) mass is 1040 g/mol. The molecule has 0 bridgehead atoms. The summed E-state index contributed by atoms with van der Waals surface area (Å²) in [6.45, 7) is 6.49. The lowest BCUT2D eigenvalue weighted by Crippen LogP contribution is -2.30. The summed E-state index contributed by atoms with van der Waals surface area (Å²) in [5.41, 5.74) is 0. The molecule has 0 fully saturated rings. The van der Waals surface area contributed by atoms with Crippen LogP contribution >= 0.6 is 0 Å². The molecule has 0 aliphatic carbocycles. The highest BCUT2D eigenvalue weighted by Gasteiger charge is 2.19. The second-order valence-corrected chi connectivity index (χ2v) is 20.6. The van der Waals surface area contributed by atoms with Crippen LogP contribution < -0.4 is 0 Å². The van der Waals surface area contributed by atoms with Crippen molar-refractivity contribution in [3.63, 3.8) is 0 Å². The molecule has 75 heavy (non-hydrogen) atoms. The highest BCUT2D eigenvalue weighted by Crippen LogP contribution is 2.15. The quantitative estimate of drug-likeness (QED) is 0.0261. The largest absolute Gasteiger partial charge is 0.462 e. The van der Waals surface area contributed by atoms with Crippen LogP contribution in [0.25, 0.3) is 0 Å². The van der Waals surface area contributed by atoms with Crippen molar-refractivity contribution in [3.05, 3.63) is 109 Å². The molecule has 0 saturated carbocycles. The van der Waals surface area contributed by atoms with Gasteiger partial charge in [0.1, 0.15) is 13.2 Å². The fourth-order valence-corrected chi connectivity index (χ4v) is 8.57. The molecule has 1 atom stereocenters. The molecule has 6 heteroatoms. The SMILES string of the molecule is CC/C=C\C/C=C\C/C=C\C/C=C\C/C=C\C/C=C\C/C=C\C/C=C\CCCCC(=O)OCC(COC(=O)CCCCCCCCCCCCC)OC(=O)CCCCCCCCCCC/C=C\CCCCCCCC. The van der Waals surface area contributed by atoms with Crippen LogP contribution in [0.15, 0.2) is 109 Å². The van der Waals surface area contributed by atoms with Gasteiger partial charge in [0, 0.05) is 19.3 Å². The third-order valence-corrected chi connectivity index (χ3v) is 13.3. The van der Waals surface area contributed by atoms with Crippen LogP contribution in [0.3, 0.4) is 0 Å². The fraction of sp³-hybridized carbons (Fsp3) is 0.696. The van der Waals surface area contributed by atoms with Crippen molar-refractivity contribution in [2.45, 2.75) is 297 Å². The molecule has 1 unspecified atom stereocenters. The van der Waals surface area contributed by atoms with Gasteiger partial charge in [-0.25, -0.2) is 0 Å². The van der Waals surface area contributed by atoms with Crippen molar-refractivity contribution >= 4 is 17.9 Å². The highest BCUT2D eigenvalue weighted by molar-refractivity contribution is 5.71. The summed E-state index contributed by atoms with van der Waals surface area (Å²) >= 11 is 0. The predicted molar refractivity (Wildman–Crippen MR) is 325 cm³/mol. The number of allylic oxidation sites excluding steroid dienone is 18. The second kappa shape index (κ2) is 62.6. The summed E-state index contributed by atoms with van der Waals surface area (Å²) < 4.78 is 16.9. The van der Waals surface area contributed by atoms with Gasteiger partial charge in [0.05, 0.1) is 0 Å². The Labute approximate surface area is 463 Å². The zero-order valence-electron chi connectivity index (χ0n) is 49.0. The number of hydrogen-bond acceptors (Lipinski definition) is 6. The van der Waals surface area contributed by atoms with E-state index >= 15 is 0 Å². The smallest absolute Gasteiger partial charge is 0.306 e. The summed E-state index contributed by atoms with van der Waals surface area (Å²) in [6, 6.07) is 0. The van der Waals surface area contributed by atoms with Crippen LogP contribution in [0.2, 0.25) is 0 Å². The molecule has 0 amide bonds. The van der Waals surface area contributed by atoms with E-state index in [4.69, 9.17) is 14.2 Å². The number of hydrogen-bond donors (Lipinski definition) is 0. The van der Waals surface area contributed by atoms with E-state index in [-0.39, 0.29) is 31.1 Å². The number of carbonyl (C=O) groups is 3. The Balaban J connectivity index is 4.39. The van der Waals surface area contributed by atoms with Gasteiger partial charge in [-0.1, -0.05) is 271 Å². The molecule has 0 heterocycles. The average Bonchev–Trinajstić information content (AvgIpc) is 3.41. The minimum absolute atomic E-state index is 0.0913. The van der Waals surface area contributed by atoms with E-state index in [2.05, 4.69) is 130 Å². The topological polar surface area (TPSA) is 78.9 Å². The minimum atomic E-state index is -0.797. The summed E-state index contributed by atoms with van der Waals surface area (Å²) in [6.07, 6.45) is 85.2. The Kier molecular flexibility index (Phi) is 59.3. The lowest BCUT2D eigenvalue weighted by atomic mass is 10.1. The average molecular weight is 1040 g/mol. The van der Waals surface area contributed by atoms with E-state index in [1.165, 1.54) is 141 Å². The lowest BCUT2D eigenvalue weighted by Gasteiger charge is -2.18. The summed E-state index contributed by atoms with van der Waals surface area (Å²) in [5.74, 6) is -0.934. The zero-order valence-corrected chi connectivity index (χ0v) is 49.0. The first kappa shape index (κ1) is 71.1. The maximum atomic E-state index is 12.9. The van der Waals surface area contributed by atoms with Crippen LogP contribution in [0.4, 0.5) is 0 Å². The molecule has 0 aromatic heterocycles. The first-order valence-corrected chi connectivity index (χ1v) is 31.4. The molecule has 0 spiro atoms. The van der Waals surface area contributed by atoms with Crippen molar-refractivity contribution in [2.24, 2.45) is 0 Å². The van der Waals surface area contributed by atoms with Crippen LogP contribution in [0.5, 0.6) is 0 Å². The van der Waals surface area contributed by atoms with Gasteiger partial charge in [-0.2, -0.15) is 0 Å². The summed E-state index contributed by atoms with van der Waals surface area (Å²) in [7, 11) is 0. The van der Waals surface area contributed by atoms with Crippen LogP contribution in [0, 0.1) is 0 Å². The van der Waals surface area contributed by atoms with E-state index in [0.717, 1.165) is 109 Å². The number of carbonyl (C=O) groups excluding carboxylic acids is 3. The van der Waals surface area contributed by atoms with E-state index < -0.39 is 6.10 Å². The standard InChI is InChI=1S/C69H116O6/c1-4-7-10-13-16-19-22-24-26-28-30-31-32-33-34-35-36-37-39-40-42-44-47-50-53-56-59-62-68(71)74-65-66(64-73-67(70)61-58-55-52-49-46-21-18-15-12-9-6-3)75-69(72)63-60-57-54-51-48-45-43-41-38-29-27-25-23-20-17-14-11-8-5-2/h7,10,16,19,24-27,30-31,33-34,36-37,40,42,47,50,66H,4-6,8-9,11-15,17-18,20-23,28-29,32,35,38-39,41,43-46,48-49,51-65H2,1-3H3/b10-7-,19-16-,26-24-,27-25-,31-30-,34-33-,37-36-,42-40-,50-47-. The Morgan fingerprint density at radius 2 is 0.520 bits per heavy atom. The molecule has 0 radical (unpaired) electrons. The molecule has 0 aromatic rings. The Morgan fingerprint density at radius 3 is 0.853 bits per heavy atom. The van der Waals surface area contributed by atoms with Crippen LogP contribution in [-0.2, 0) is 28.6 Å². The van der Waals surface area contributed by atoms with Gasteiger partial charge in [-0.3, -0.25) is 14.4 Å². The summed E-state index contributed by atoms with van der Waals surface area (Å²) in [5, 5.41) is 0. The maximum absolute atomic E-state index is 12.9. The van der Waals surface area contributed by atoms with Gasteiger partial charge >= 0.3 is 17.9 Å². The predicted octanol–water partition coefficient (Wildman–Crippen LogP) is 21.4. The molecular formula is C69H116O6. The lowest BCUT2D eigenvalue weighted by molar-refractivity contribution is -0.167. The van der Waals surface area contributed by atoms with Crippen molar-refractivity contribution < 1.29 is 28.6 Å². The van der Waals surface area contributed by atoms with E-state index in [0.29, 0.717) is 19.3 Å². The van der Waals surface area contributed by atoms with Gasteiger partial charge in [0.2, 0.25) is 0 Å². The molecule has 0 aliphatic rings. The van der Waals surface area contributed by atoms with E-state index in [9.17, 15) is 14.4 Å². The molecule has 0 N–H and O–H groups in total. The van der Waals surface area contributed by atoms with Crippen LogP contribution in [-0.4, -0.2) is 37.2 Å². The number of rotatable bonds is 56. The second-order valence-electron chi connectivity index (χ2n) is 20.6. The van der Waals surface area contributed by atoms with Crippen LogP contribution in [0.1, 0.15) is 290 Å². The Morgan fingerprint density at radius 1 is 0.280 bits per heavy atom. The molecule has 0 aromatic carbocycles. The number of unbranched alkanes of at least 4 members (excludes halogenated alkanes) is 27. The van der Waals surface area contributed by atoms with Gasteiger partial charge in [0.15, 0.2) is 6.10 Å². The fourth-order valence-electron chi connectivity index (χ4n) is 8.57. The first-order valence-electron chi connectivity index (χ1n) is 31.4. The third-order valence-electron chi connectivity index (χ3n) is 13.3.